The third-order valence-electron chi connectivity index (χ3n) is 3.83. The zero-order valence-corrected chi connectivity index (χ0v) is 13.5. The molecular formula is C19H22O4. The van der Waals surface area contributed by atoms with Crippen LogP contribution in [0.3, 0.4) is 0 Å². The summed E-state index contributed by atoms with van der Waals surface area (Å²) >= 11 is 0. The Morgan fingerprint density at radius 2 is 1.65 bits per heavy atom. The molecule has 0 aliphatic heterocycles. The summed E-state index contributed by atoms with van der Waals surface area (Å²) in [5.41, 5.74) is 2.10. The normalized spacial score (nSPS) is 11.7. The van der Waals surface area contributed by atoms with Gasteiger partial charge in [0.25, 0.3) is 0 Å². The van der Waals surface area contributed by atoms with E-state index in [0.717, 1.165) is 29.0 Å². The lowest BCUT2D eigenvalue weighted by Crippen LogP contribution is -2.05. The maximum atomic E-state index is 10.9. The number of ether oxygens (including phenoxy) is 2. The van der Waals surface area contributed by atoms with Crippen LogP contribution >= 0.6 is 0 Å². The van der Waals surface area contributed by atoms with Crippen molar-refractivity contribution in [3.05, 3.63) is 59.7 Å². The lowest BCUT2D eigenvalue weighted by atomic mass is 9.93. The smallest absolute Gasteiger partial charge is 0.303 e. The van der Waals surface area contributed by atoms with Crippen LogP contribution in [0.2, 0.25) is 0 Å². The van der Waals surface area contributed by atoms with Crippen LogP contribution in [0.15, 0.2) is 48.5 Å². The molecule has 2 rings (SSSR count). The van der Waals surface area contributed by atoms with Crippen LogP contribution in [0.4, 0.5) is 0 Å². The fourth-order valence-electron chi connectivity index (χ4n) is 2.43. The molecule has 4 nitrogen and oxygen atoms in total. The van der Waals surface area contributed by atoms with E-state index in [-0.39, 0.29) is 12.3 Å². The Bertz CT molecular complexity index is 617. The van der Waals surface area contributed by atoms with Crippen LogP contribution in [-0.2, 0) is 11.4 Å². The molecule has 0 aliphatic rings. The van der Waals surface area contributed by atoms with Crippen LogP contribution in [0.25, 0.3) is 0 Å². The highest BCUT2D eigenvalue weighted by molar-refractivity contribution is 5.68. The summed E-state index contributed by atoms with van der Waals surface area (Å²) in [4.78, 5) is 10.9. The fraction of sp³-hybridized carbons (Fsp3) is 0.316. The molecule has 0 radical (unpaired) electrons. The molecule has 0 bridgehead atoms. The van der Waals surface area contributed by atoms with Gasteiger partial charge in [-0.25, -0.2) is 0 Å². The van der Waals surface area contributed by atoms with E-state index in [9.17, 15) is 4.79 Å². The first-order valence-corrected chi connectivity index (χ1v) is 7.70. The molecular weight excluding hydrogens is 292 g/mol. The number of methoxy groups -OCH3 is 1. The second kappa shape index (κ2) is 8.22. The van der Waals surface area contributed by atoms with Gasteiger partial charge < -0.3 is 14.6 Å². The average molecular weight is 314 g/mol. The van der Waals surface area contributed by atoms with E-state index in [1.54, 1.807) is 7.11 Å². The quantitative estimate of drug-likeness (QED) is 0.791. The molecule has 122 valence electrons. The van der Waals surface area contributed by atoms with E-state index >= 15 is 0 Å². The molecule has 23 heavy (non-hydrogen) atoms. The highest BCUT2D eigenvalue weighted by atomic mass is 16.5. The topological polar surface area (TPSA) is 55.8 Å². The number of rotatable bonds is 8. The third kappa shape index (κ3) is 5.02. The zero-order chi connectivity index (χ0) is 16.7. The van der Waals surface area contributed by atoms with Crippen LogP contribution in [0, 0.1) is 0 Å². The van der Waals surface area contributed by atoms with Crippen LogP contribution in [-0.4, -0.2) is 18.2 Å². The van der Waals surface area contributed by atoms with Crippen molar-refractivity contribution in [2.75, 3.05) is 7.11 Å². The Kier molecular flexibility index (Phi) is 6.03. The molecule has 0 fully saturated rings. The third-order valence-corrected chi connectivity index (χ3v) is 3.83. The molecule has 2 aromatic rings. The number of carboxylic acids is 1. The van der Waals surface area contributed by atoms with Crippen molar-refractivity contribution in [3.63, 3.8) is 0 Å². The molecule has 0 amide bonds. The molecule has 0 spiro atoms. The van der Waals surface area contributed by atoms with E-state index in [1.165, 1.54) is 0 Å². The molecule has 0 saturated heterocycles. The van der Waals surface area contributed by atoms with E-state index in [4.69, 9.17) is 14.6 Å². The number of benzene rings is 2. The molecule has 0 heterocycles. The van der Waals surface area contributed by atoms with E-state index < -0.39 is 5.97 Å². The van der Waals surface area contributed by atoms with Crippen LogP contribution < -0.4 is 9.47 Å². The van der Waals surface area contributed by atoms with Gasteiger partial charge in [0, 0.05) is 0 Å². The fourth-order valence-corrected chi connectivity index (χ4v) is 2.43. The van der Waals surface area contributed by atoms with Gasteiger partial charge in [-0.15, -0.1) is 0 Å². The Labute approximate surface area is 136 Å². The van der Waals surface area contributed by atoms with Crippen molar-refractivity contribution in [2.45, 2.75) is 32.3 Å². The van der Waals surface area contributed by atoms with Crippen molar-refractivity contribution < 1.29 is 19.4 Å². The number of hydrogen-bond donors (Lipinski definition) is 1. The Hall–Kier alpha value is -2.49. The highest BCUT2D eigenvalue weighted by Crippen LogP contribution is 2.25. The average Bonchev–Trinajstić information content (AvgIpc) is 2.58. The first kappa shape index (κ1) is 16.9. The van der Waals surface area contributed by atoms with Gasteiger partial charge in [0.05, 0.1) is 13.5 Å². The second-order valence-corrected chi connectivity index (χ2v) is 5.41. The van der Waals surface area contributed by atoms with Crippen molar-refractivity contribution >= 4 is 5.97 Å². The van der Waals surface area contributed by atoms with Gasteiger partial charge in [0.2, 0.25) is 0 Å². The van der Waals surface area contributed by atoms with Crippen molar-refractivity contribution in [2.24, 2.45) is 0 Å². The summed E-state index contributed by atoms with van der Waals surface area (Å²) in [5, 5.41) is 8.94. The Morgan fingerprint density at radius 3 is 2.17 bits per heavy atom. The molecule has 1 atom stereocenters. The van der Waals surface area contributed by atoms with Gasteiger partial charge in [-0.2, -0.15) is 0 Å². The first-order valence-electron chi connectivity index (χ1n) is 7.70. The lowest BCUT2D eigenvalue weighted by molar-refractivity contribution is -0.137. The lowest BCUT2D eigenvalue weighted by Gasteiger charge is -2.14. The number of aliphatic carboxylic acids is 1. The number of carbonyl (C=O) groups is 1. The van der Waals surface area contributed by atoms with E-state index in [1.807, 2.05) is 55.5 Å². The van der Waals surface area contributed by atoms with Crippen LogP contribution in [0.5, 0.6) is 11.5 Å². The standard InChI is InChI=1S/C19H22O4/c1-3-15(12-19(20)21)16-6-10-18(11-7-16)23-13-14-4-8-17(22-2)9-5-14/h4-11,15H,3,12-13H2,1-2H3,(H,20,21)/t15-/m1/s1. The summed E-state index contributed by atoms with van der Waals surface area (Å²) < 4.78 is 10.9. The summed E-state index contributed by atoms with van der Waals surface area (Å²) in [6, 6.07) is 15.4. The van der Waals surface area contributed by atoms with Gasteiger partial charge >= 0.3 is 5.97 Å². The molecule has 0 unspecified atom stereocenters. The maximum absolute atomic E-state index is 10.9. The minimum Gasteiger partial charge on any atom is -0.497 e. The van der Waals surface area contributed by atoms with Gasteiger partial charge in [0.15, 0.2) is 0 Å². The highest BCUT2D eigenvalue weighted by Gasteiger charge is 2.13. The number of hydrogen-bond acceptors (Lipinski definition) is 3. The van der Waals surface area contributed by atoms with Crippen molar-refractivity contribution in [3.8, 4) is 11.5 Å². The van der Waals surface area contributed by atoms with Gasteiger partial charge in [-0.1, -0.05) is 31.2 Å². The Balaban J connectivity index is 1.94. The maximum Gasteiger partial charge on any atom is 0.303 e. The minimum absolute atomic E-state index is 0.0446. The first-order chi connectivity index (χ1) is 11.1. The SMILES string of the molecule is CC[C@H](CC(=O)O)c1ccc(OCc2ccc(OC)cc2)cc1. The van der Waals surface area contributed by atoms with Gasteiger partial charge in [0.1, 0.15) is 18.1 Å². The van der Waals surface area contributed by atoms with Gasteiger partial charge in [-0.3, -0.25) is 4.79 Å². The largest absolute Gasteiger partial charge is 0.497 e. The summed E-state index contributed by atoms with van der Waals surface area (Å²) in [6.07, 6.45) is 0.959. The molecule has 1 N–H and O–H groups in total. The second-order valence-electron chi connectivity index (χ2n) is 5.41. The molecule has 0 aromatic heterocycles. The van der Waals surface area contributed by atoms with Gasteiger partial charge in [-0.05, 0) is 47.7 Å². The minimum atomic E-state index is -0.767. The zero-order valence-electron chi connectivity index (χ0n) is 13.5. The molecule has 4 heteroatoms. The predicted molar refractivity (Wildman–Crippen MR) is 89.1 cm³/mol. The van der Waals surface area contributed by atoms with Crippen molar-refractivity contribution in [1.82, 2.24) is 0 Å². The summed E-state index contributed by atoms with van der Waals surface area (Å²) in [7, 11) is 1.64. The summed E-state index contributed by atoms with van der Waals surface area (Å²) in [6.45, 7) is 2.48. The molecule has 0 saturated carbocycles. The monoisotopic (exact) mass is 314 g/mol. The van der Waals surface area contributed by atoms with E-state index in [0.29, 0.717) is 6.61 Å². The van der Waals surface area contributed by atoms with Crippen molar-refractivity contribution in [1.29, 1.82) is 0 Å². The summed E-state index contributed by atoms with van der Waals surface area (Å²) in [5.74, 6) is 0.872. The predicted octanol–water partition coefficient (Wildman–Crippen LogP) is 4.24. The van der Waals surface area contributed by atoms with Crippen LogP contribution in [0.1, 0.15) is 36.8 Å². The Morgan fingerprint density at radius 1 is 1.04 bits per heavy atom. The molecule has 2 aromatic carbocycles. The molecule has 0 aliphatic carbocycles. The van der Waals surface area contributed by atoms with E-state index in [2.05, 4.69) is 0 Å². The number of carboxylic acid groups (broad SMARTS) is 1.